The number of nitrogens with zero attached hydrogens (tertiary/aromatic N) is 2. The zero-order chi connectivity index (χ0) is 18.5. The number of Topliss-reactive ketones (excluding diaryl/α,β-unsaturated/α-hetero) is 1. The second-order valence-corrected chi connectivity index (χ2v) is 8.29. The van der Waals surface area contributed by atoms with E-state index in [-0.39, 0.29) is 17.5 Å². The molecule has 0 spiro atoms. The molecule has 1 heterocycles. The molecule has 2 aliphatic carbocycles. The number of hydrogen-bond donors (Lipinski definition) is 0. The summed E-state index contributed by atoms with van der Waals surface area (Å²) in [5, 5.41) is 10.5. The molecule has 2 aromatic carbocycles. The number of benzene rings is 2. The molecule has 4 nitrogen and oxygen atoms in total. The maximum absolute atomic E-state index is 12.9. The van der Waals surface area contributed by atoms with Gasteiger partial charge >= 0.3 is 0 Å². The van der Waals surface area contributed by atoms with E-state index in [1.54, 1.807) is 6.26 Å². The molecular formula is C22H16N2O2S. The Morgan fingerprint density at radius 1 is 1.15 bits per heavy atom. The summed E-state index contributed by atoms with van der Waals surface area (Å²) in [6, 6.07) is 16.1. The Bertz CT molecular complexity index is 1190. The van der Waals surface area contributed by atoms with Crippen molar-refractivity contribution in [2.24, 2.45) is 10.2 Å². The Hall–Kier alpha value is -2.76. The third-order valence-corrected chi connectivity index (χ3v) is 5.88. The van der Waals surface area contributed by atoms with Gasteiger partial charge in [0.1, 0.15) is 5.70 Å². The first kappa shape index (κ1) is 16.4. The van der Waals surface area contributed by atoms with E-state index in [2.05, 4.69) is 22.4 Å². The van der Waals surface area contributed by atoms with Crippen LogP contribution in [0.15, 0.2) is 76.6 Å². The summed E-state index contributed by atoms with van der Waals surface area (Å²) < 4.78 is 11.7. The van der Waals surface area contributed by atoms with Crippen molar-refractivity contribution in [3.05, 3.63) is 87.9 Å². The summed E-state index contributed by atoms with van der Waals surface area (Å²) >= 11 is -1.18. The van der Waals surface area contributed by atoms with Crippen molar-refractivity contribution in [2.75, 3.05) is 12.0 Å². The Labute approximate surface area is 159 Å². The van der Waals surface area contributed by atoms with Gasteiger partial charge in [0.15, 0.2) is 5.75 Å². The smallest absolute Gasteiger partial charge is 0.212 e. The van der Waals surface area contributed by atoms with E-state index in [1.807, 2.05) is 48.7 Å². The van der Waals surface area contributed by atoms with E-state index in [9.17, 15) is 9.35 Å². The highest BCUT2D eigenvalue weighted by Gasteiger charge is 2.34. The van der Waals surface area contributed by atoms with Gasteiger partial charge in [0.2, 0.25) is 5.78 Å². The topological polar surface area (TPSA) is 64.8 Å². The van der Waals surface area contributed by atoms with Gasteiger partial charge in [0.25, 0.3) is 0 Å². The largest absolute Gasteiger partial charge is 0.616 e. The number of carbonyl (C=O) groups is 1. The lowest BCUT2D eigenvalue weighted by Crippen LogP contribution is -2.33. The summed E-state index contributed by atoms with van der Waals surface area (Å²) in [6.45, 7) is 0. The molecule has 27 heavy (non-hydrogen) atoms. The summed E-state index contributed by atoms with van der Waals surface area (Å²) in [6.07, 6.45) is 5.40. The number of rotatable bonds is 4. The molecule has 0 bridgehead atoms. The van der Waals surface area contributed by atoms with Crippen LogP contribution >= 0.6 is 0 Å². The first-order valence-corrected chi connectivity index (χ1v) is 10.5. The number of fused-ring (bicyclic) bond motifs is 2. The van der Waals surface area contributed by atoms with E-state index >= 15 is 0 Å². The van der Waals surface area contributed by atoms with E-state index in [0.717, 1.165) is 38.4 Å². The van der Waals surface area contributed by atoms with Crippen LogP contribution in [0.1, 0.15) is 17.0 Å². The van der Waals surface area contributed by atoms with Crippen molar-refractivity contribution in [1.82, 2.24) is 0 Å². The average molecular weight is 372 g/mol. The standard InChI is InChI=1S/C22H16N2O2S/c1-27(26)12-19(25)17-10-16(13-6-3-2-4-7-13)21-18-11-23-24-22(18)15-9-5-8-14(17)20(15)21/h2-11,16H,12H2,1H3. The molecular weight excluding hydrogens is 356 g/mol. The molecule has 132 valence electrons. The molecule has 0 fully saturated rings. The highest BCUT2D eigenvalue weighted by Crippen LogP contribution is 2.43. The average Bonchev–Trinajstić information content (AvgIpc) is 3.26. The van der Waals surface area contributed by atoms with Crippen LogP contribution in [0, 0.1) is 0 Å². The molecule has 0 saturated carbocycles. The second-order valence-electron chi connectivity index (χ2n) is 6.86. The van der Waals surface area contributed by atoms with E-state index in [4.69, 9.17) is 0 Å². The summed E-state index contributed by atoms with van der Waals surface area (Å²) in [4.78, 5) is 12.9. The van der Waals surface area contributed by atoms with Gasteiger partial charge in [-0.15, -0.1) is 5.11 Å². The van der Waals surface area contributed by atoms with Crippen molar-refractivity contribution in [1.29, 1.82) is 0 Å². The van der Waals surface area contributed by atoms with Crippen molar-refractivity contribution >= 4 is 33.8 Å². The maximum Gasteiger partial charge on any atom is 0.212 e. The molecule has 0 amide bonds. The fraction of sp³-hybridized carbons (Fsp3) is 0.136. The molecule has 5 rings (SSSR count). The molecule has 2 unspecified atom stereocenters. The lowest BCUT2D eigenvalue weighted by atomic mass is 9.79. The number of hydrogen-bond acceptors (Lipinski definition) is 4. The molecule has 3 aliphatic rings. The normalized spacial score (nSPS) is 20.1. The zero-order valence-corrected chi connectivity index (χ0v) is 15.5. The van der Waals surface area contributed by atoms with Gasteiger partial charge in [-0.25, -0.2) is 0 Å². The molecule has 1 aliphatic heterocycles. The van der Waals surface area contributed by atoms with Crippen molar-refractivity contribution in [3.8, 4) is 0 Å². The minimum atomic E-state index is -1.18. The van der Waals surface area contributed by atoms with Crippen LogP contribution in [-0.2, 0) is 16.0 Å². The van der Waals surface area contributed by atoms with Crippen molar-refractivity contribution in [3.63, 3.8) is 0 Å². The van der Waals surface area contributed by atoms with Crippen LogP contribution in [0.2, 0.25) is 0 Å². The Morgan fingerprint density at radius 2 is 1.96 bits per heavy atom. The van der Waals surface area contributed by atoms with Crippen molar-refractivity contribution < 1.29 is 9.35 Å². The predicted molar refractivity (Wildman–Crippen MR) is 107 cm³/mol. The van der Waals surface area contributed by atoms with Crippen LogP contribution in [0.5, 0.6) is 0 Å². The van der Waals surface area contributed by atoms with E-state index < -0.39 is 11.2 Å². The summed E-state index contributed by atoms with van der Waals surface area (Å²) in [7, 11) is 0. The first-order chi connectivity index (χ1) is 13.1. The summed E-state index contributed by atoms with van der Waals surface area (Å²) in [5.74, 6) is -0.107. The monoisotopic (exact) mass is 372 g/mol. The van der Waals surface area contributed by atoms with Crippen LogP contribution in [-0.4, -0.2) is 22.3 Å². The quantitative estimate of drug-likeness (QED) is 0.774. The minimum Gasteiger partial charge on any atom is -0.616 e. The number of carbonyl (C=O) groups excluding carboxylic acids is 1. The van der Waals surface area contributed by atoms with Gasteiger partial charge in [0, 0.05) is 22.3 Å². The summed E-state index contributed by atoms with van der Waals surface area (Å²) in [5.41, 5.74) is 5.74. The van der Waals surface area contributed by atoms with Crippen LogP contribution in [0.3, 0.4) is 0 Å². The van der Waals surface area contributed by atoms with Crippen LogP contribution < -0.4 is 10.4 Å². The number of ketones is 1. The zero-order valence-electron chi connectivity index (χ0n) is 14.7. The molecule has 0 aromatic heterocycles. The Morgan fingerprint density at radius 3 is 2.74 bits per heavy atom. The molecule has 0 saturated heterocycles. The third-order valence-electron chi connectivity index (χ3n) is 5.21. The van der Waals surface area contributed by atoms with E-state index in [0.29, 0.717) is 5.57 Å². The SMILES string of the molecule is C[S+]([O-])CC(=O)C1=CC(c2ccccc2)C2=c3c1cccc3=C1N=NC=C12. The third kappa shape index (κ3) is 2.46. The first-order valence-electron chi connectivity index (χ1n) is 8.75. The fourth-order valence-corrected chi connectivity index (χ4v) is 4.67. The van der Waals surface area contributed by atoms with Gasteiger partial charge < -0.3 is 4.55 Å². The van der Waals surface area contributed by atoms with Gasteiger partial charge in [-0.05, 0) is 33.1 Å². The van der Waals surface area contributed by atoms with Crippen LogP contribution in [0.4, 0.5) is 0 Å². The molecule has 0 radical (unpaired) electrons. The highest BCUT2D eigenvalue weighted by atomic mass is 32.2. The van der Waals surface area contributed by atoms with Gasteiger partial charge in [0.05, 0.1) is 12.5 Å². The molecule has 0 N–H and O–H groups in total. The van der Waals surface area contributed by atoms with Gasteiger partial charge in [-0.1, -0.05) is 54.6 Å². The van der Waals surface area contributed by atoms with Crippen LogP contribution in [0.25, 0.3) is 16.8 Å². The minimum absolute atomic E-state index is 0.0331. The fourth-order valence-electron chi connectivity index (χ4n) is 4.15. The van der Waals surface area contributed by atoms with Gasteiger partial charge in [-0.3, -0.25) is 4.79 Å². The Balaban J connectivity index is 1.82. The molecule has 5 heteroatoms. The van der Waals surface area contributed by atoms with Gasteiger partial charge in [-0.2, -0.15) is 5.11 Å². The lowest BCUT2D eigenvalue weighted by Gasteiger charge is -2.23. The van der Waals surface area contributed by atoms with Crippen molar-refractivity contribution in [2.45, 2.75) is 5.92 Å². The molecule has 2 aromatic rings. The van der Waals surface area contributed by atoms with E-state index in [1.165, 1.54) is 0 Å². The number of azo groups is 1. The highest BCUT2D eigenvalue weighted by molar-refractivity contribution is 7.91. The number of allylic oxidation sites excluding steroid dienone is 2. The predicted octanol–water partition coefficient (Wildman–Crippen LogP) is 2.44. The molecule has 2 atom stereocenters. The lowest BCUT2D eigenvalue weighted by molar-refractivity contribution is -0.111. The Kier molecular flexibility index (Phi) is 3.74. The second kappa shape index (κ2) is 6.15. The maximum atomic E-state index is 12.9.